The summed E-state index contributed by atoms with van der Waals surface area (Å²) in [5.74, 6) is -0.205. The van der Waals surface area contributed by atoms with Gasteiger partial charge in [-0.15, -0.1) is 0 Å². The molecule has 0 atom stereocenters. The van der Waals surface area contributed by atoms with Crippen LogP contribution in [-0.4, -0.2) is 22.4 Å². The van der Waals surface area contributed by atoms with Crippen LogP contribution in [0.5, 0.6) is 0 Å². The molecule has 0 radical (unpaired) electrons. The standard InChI is InChI=1S/C15H16N4O/c1-15(2,13-4-3-6-18-13)10-19-14(20)11-5-7-17-12(8-11)9-16/h3-8,18H,10H2,1-2H3,(H,19,20). The first-order chi connectivity index (χ1) is 9.53. The molecule has 0 fully saturated rings. The molecule has 2 heterocycles. The molecular formula is C15H16N4O. The zero-order valence-electron chi connectivity index (χ0n) is 11.5. The predicted molar refractivity (Wildman–Crippen MR) is 75.1 cm³/mol. The van der Waals surface area contributed by atoms with Gasteiger partial charge in [0.05, 0.1) is 0 Å². The van der Waals surface area contributed by atoms with Crippen molar-refractivity contribution >= 4 is 5.91 Å². The van der Waals surface area contributed by atoms with E-state index in [0.717, 1.165) is 5.69 Å². The SMILES string of the molecule is CC(C)(CNC(=O)c1ccnc(C#N)c1)c1ccc[nH]1. The summed E-state index contributed by atoms with van der Waals surface area (Å²) in [5.41, 5.74) is 1.55. The van der Waals surface area contributed by atoms with Gasteiger partial charge in [0.25, 0.3) is 5.91 Å². The van der Waals surface area contributed by atoms with E-state index < -0.39 is 0 Å². The van der Waals surface area contributed by atoms with Gasteiger partial charge in [-0.2, -0.15) is 5.26 Å². The van der Waals surface area contributed by atoms with Crippen molar-refractivity contribution in [2.45, 2.75) is 19.3 Å². The Hall–Kier alpha value is -2.61. The maximum atomic E-state index is 12.1. The van der Waals surface area contributed by atoms with Crippen molar-refractivity contribution in [2.24, 2.45) is 0 Å². The number of nitrogens with one attached hydrogen (secondary N) is 2. The van der Waals surface area contributed by atoms with Crippen molar-refractivity contribution in [3.63, 3.8) is 0 Å². The number of aromatic nitrogens is 2. The summed E-state index contributed by atoms with van der Waals surface area (Å²) in [4.78, 5) is 19.1. The van der Waals surface area contributed by atoms with E-state index >= 15 is 0 Å². The molecule has 0 unspecified atom stereocenters. The second-order valence-electron chi connectivity index (χ2n) is 5.19. The molecular weight excluding hydrogens is 252 g/mol. The maximum Gasteiger partial charge on any atom is 0.251 e. The number of nitriles is 1. The zero-order valence-corrected chi connectivity index (χ0v) is 11.5. The van der Waals surface area contributed by atoms with Crippen molar-refractivity contribution in [2.75, 3.05) is 6.54 Å². The second-order valence-corrected chi connectivity index (χ2v) is 5.19. The van der Waals surface area contributed by atoms with Crippen LogP contribution in [0.4, 0.5) is 0 Å². The van der Waals surface area contributed by atoms with Gasteiger partial charge in [-0.1, -0.05) is 13.8 Å². The van der Waals surface area contributed by atoms with E-state index in [9.17, 15) is 4.79 Å². The Balaban J connectivity index is 2.04. The lowest BCUT2D eigenvalue weighted by atomic mass is 9.89. The number of aromatic amines is 1. The highest BCUT2D eigenvalue weighted by Gasteiger charge is 2.22. The van der Waals surface area contributed by atoms with Crippen LogP contribution in [0.3, 0.4) is 0 Å². The van der Waals surface area contributed by atoms with E-state index in [2.05, 4.69) is 15.3 Å². The van der Waals surface area contributed by atoms with Gasteiger partial charge in [0.1, 0.15) is 11.8 Å². The molecule has 20 heavy (non-hydrogen) atoms. The number of hydrogen-bond acceptors (Lipinski definition) is 3. The number of pyridine rings is 1. The number of rotatable bonds is 4. The number of H-pyrrole nitrogens is 1. The van der Waals surface area contributed by atoms with E-state index in [-0.39, 0.29) is 17.0 Å². The first-order valence-electron chi connectivity index (χ1n) is 6.31. The van der Waals surface area contributed by atoms with E-state index in [0.29, 0.717) is 12.1 Å². The van der Waals surface area contributed by atoms with E-state index in [4.69, 9.17) is 5.26 Å². The zero-order chi connectivity index (χ0) is 14.6. The molecule has 2 aromatic heterocycles. The molecule has 2 aromatic rings. The van der Waals surface area contributed by atoms with Crippen LogP contribution in [0.1, 0.15) is 35.6 Å². The number of nitrogens with zero attached hydrogens (tertiary/aromatic N) is 2. The highest BCUT2D eigenvalue weighted by atomic mass is 16.1. The van der Waals surface area contributed by atoms with Crippen LogP contribution in [0.15, 0.2) is 36.7 Å². The molecule has 102 valence electrons. The van der Waals surface area contributed by atoms with E-state index in [1.54, 1.807) is 6.07 Å². The molecule has 2 rings (SSSR count). The van der Waals surface area contributed by atoms with Crippen molar-refractivity contribution in [1.29, 1.82) is 5.26 Å². The average molecular weight is 268 g/mol. The van der Waals surface area contributed by atoms with Crippen LogP contribution >= 0.6 is 0 Å². The average Bonchev–Trinajstić information content (AvgIpc) is 3.00. The summed E-state index contributed by atoms with van der Waals surface area (Å²) < 4.78 is 0. The monoisotopic (exact) mass is 268 g/mol. The molecule has 0 aliphatic heterocycles. The van der Waals surface area contributed by atoms with Crippen LogP contribution in [-0.2, 0) is 5.41 Å². The lowest BCUT2D eigenvalue weighted by molar-refractivity contribution is 0.0945. The smallest absolute Gasteiger partial charge is 0.251 e. The Labute approximate surface area is 117 Å². The van der Waals surface area contributed by atoms with Gasteiger partial charge in [-0.25, -0.2) is 4.98 Å². The molecule has 0 bridgehead atoms. The van der Waals surface area contributed by atoms with E-state index in [1.807, 2.05) is 38.2 Å². The number of carbonyl (C=O) groups excluding carboxylic acids is 1. The minimum Gasteiger partial charge on any atom is -0.364 e. The van der Waals surface area contributed by atoms with Crippen LogP contribution < -0.4 is 5.32 Å². The Kier molecular flexibility index (Phi) is 3.85. The normalized spacial score (nSPS) is 10.8. The lowest BCUT2D eigenvalue weighted by Crippen LogP contribution is -2.36. The Morgan fingerprint density at radius 1 is 1.50 bits per heavy atom. The lowest BCUT2D eigenvalue weighted by Gasteiger charge is -2.23. The summed E-state index contributed by atoms with van der Waals surface area (Å²) in [7, 11) is 0. The van der Waals surface area contributed by atoms with Gasteiger partial charge in [0, 0.05) is 35.6 Å². The summed E-state index contributed by atoms with van der Waals surface area (Å²) in [6.45, 7) is 4.59. The Morgan fingerprint density at radius 2 is 2.30 bits per heavy atom. The van der Waals surface area contributed by atoms with Gasteiger partial charge < -0.3 is 10.3 Å². The Morgan fingerprint density at radius 3 is 2.95 bits per heavy atom. The minimum absolute atomic E-state index is 0.190. The van der Waals surface area contributed by atoms with Crippen LogP contribution in [0.2, 0.25) is 0 Å². The third-order valence-corrected chi connectivity index (χ3v) is 3.15. The fraction of sp³-hybridized carbons (Fsp3) is 0.267. The predicted octanol–water partition coefficient (Wildman–Crippen LogP) is 1.99. The fourth-order valence-corrected chi connectivity index (χ4v) is 1.88. The number of amides is 1. The second kappa shape index (κ2) is 5.57. The van der Waals surface area contributed by atoms with Gasteiger partial charge >= 0.3 is 0 Å². The van der Waals surface area contributed by atoms with Gasteiger partial charge in [0.15, 0.2) is 0 Å². The highest BCUT2D eigenvalue weighted by molar-refractivity contribution is 5.94. The number of carbonyl (C=O) groups is 1. The van der Waals surface area contributed by atoms with Crippen molar-refractivity contribution in [3.05, 3.63) is 53.6 Å². The molecule has 0 aromatic carbocycles. The van der Waals surface area contributed by atoms with Crippen molar-refractivity contribution in [3.8, 4) is 6.07 Å². The molecule has 0 aliphatic carbocycles. The van der Waals surface area contributed by atoms with Crippen LogP contribution in [0, 0.1) is 11.3 Å². The maximum absolute atomic E-state index is 12.1. The first kappa shape index (κ1) is 13.8. The molecule has 1 amide bonds. The number of hydrogen-bond donors (Lipinski definition) is 2. The third kappa shape index (κ3) is 3.04. The van der Waals surface area contributed by atoms with Gasteiger partial charge in [0.2, 0.25) is 0 Å². The summed E-state index contributed by atoms with van der Waals surface area (Å²) in [6.07, 6.45) is 3.32. The Bertz CT molecular complexity index is 638. The molecule has 0 spiro atoms. The highest BCUT2D eigenvalue weighted by Crippen LogP contribution is 2.20. The molecule has 5 heteroatoms. The van der Waals surface area contributed by atoms with Gasteiger partial charge in [-0.05, 0) is 24.3 Å². The molecule has 0 saturated heterocycles. The van der Waals surface area contributed by atoms with Crippen LogP contribution in [0.25, 0.3) is 0 Å². The molecule has 2 N–H and O–H groups in total. The summed E-state index contributed by atoms with van der Waals surface area (Å²) in [5, 5.41) is 11.7. The largest absolute Gasteiger partial charge is 0.364 e. The van der Waals surface area contributed by atoms with Crippen molar-refractivity contribution in [1.82, 2.24) is 15.3 Å². The molecule has 5 nitrogen and oxygen atoms in total. The quantitative estimate of drug-likeness (QED) is 0.889. The van der Waals surface area contributed by atoms with E-state index in [1.165, 1.54) is 12.3 Å². The van der Waals surface area contributed by atoms with Crippen molar-refractivity contribution < 1.29 is 4.79 Å². The topological polar surface area (TPSA) is 81.6 Å². The minimum atomic E-state index is -0.205. The summed E-state index contributed by atoms with van der Waals surface area (Å²) in [6, 6.07) is 8.92. The molecule has 0 saturated carbocycles. The fourth-order valence-electron chi connectivity index (χ4n) is 1.88. The molecule has 0 aliphatic rings. The third-order valence-electron chi connectivity index (χ3n) is 3.15. The summed E-state index contributed by atoms with van der Waals surface area (Å²) >= 11 is 0. The first-order valence-corrected chi connectivity index (χ1v) is 6.31. The van der Waals surface area contributed by atoms with Gasteiger partial charge in [-0.3, -0.25) is 4.79 Å².